The van der Waals surface area contributed by atoms with Crippen LogP contribution in [0.15, 0.2) is 17.2 Å². The van der Waals surface area contributed by atoms with Gasteiger partial charge in [-0.1, -0.05) is 11.6 Å². The highest BCUT2D eigenvalue weighted by Gasteiger charge is 2.32. The summed E-state index contributed by atoms with van der Waals surface area (Å²) in [5, 5.41) is 3.53. The second kappa shape index (κ2) is 6.36. The van der Waals surface area contributed by atoms with E-state index in [9.17, 15) is 26.3 Å². The fourth-order valence-electron chi connectivity index (χ4n) is 1.77. The molecule has 2 heterocycles. The van der Waals surface area contributed by atoms with Crippen LogP contribution in [0, 0.1) is 6.92 Å². The average Bonchev–Trinajstić information content (AvgIpc) is 2.69. The molecule has 0 saturated carbocycles. The van der Waals surface area contributed by atoms with E-state index in [1.807, 2.05) is 0 Å². The largest absolute Gasteiger partial charge is 0.417 e. The molecule has 132 valence electrons. The van der Waals surface area contributed by atoms with Crippen LogP contribution in [0.5, 0.6) is 0 Å². The lowest BCUT2D eigenvalue weighted by Gasteiger charge is -2.10. The number of nitrogens with two attached hydrogens (primary N) is 1. The van der Waals surface area contributed by atoms with Crippen LogP contribution in [0.3, 0.4) is 0 Å². The van der Waals surface area contributed by atoms with E-state index < -0.39 is 23.7 Å². The summed E-state index contributed by atoms with van der Waals surface area (Å²) >= 11 is 6.21. The van der Waals surface area contributed by atoms with Crippen LogP contribution in [0.4, 0.5) is 32.2 Å². The number of aromatic nitrogens is 3. The molecule has 4 nitrogen and oxygen atoms in total. The molecule has 0 aromatic carbocycles. The Morgan fingerprint density at radius 2 is 1.88 bits per heavy atom. The highest BCUT2D eigenvalue weighted by Crippen LogP contribution is 2.36. The summed E-state index contributed by atoms with van der Waals surface area (Å²) in [6.07, 6.45) is -8.50. The molecule has 12 heteroatoms. The highest BCUT2D eigenvalue weighted by atomic mass is 35.5. The maximum absolute atomic E-state index is 12.6. The maximum atomic E-state index is 12.6. The molecular weight excluding hydrogens is 382 g/mol. The zero-order chi connectivity index (χ0) is 18.3. The molecule has 24 heavy (non-hydrogen) atoms. The van der Waals surface area contributed by atoms with Crippen molar-refractivity contribution < 1.29 is 26.3 Å². The third-order valence-corrected chi connectivity index (χ3v) is 4.31. The predicted molar refractivity (Wildman–Crippen MR) is 77.3 cm³/mol. The molecule has 2 N–H and O–H groups in total. The molecular formula is C12H9ClF6N4S. The summed E-state index contributed by atoms with van der Waals surface area (Å²) in [7, 11) is 0. The van der Waals surface area contributed by atoms with Crippen molar-refractivity contribution in [1.29, 1.82) is 0 Å². The first-order chi connectivity index (χ1) is 10.9. The Morgan fingerprint density at radius 3 is 2.38 bits per heavy atom. The van der Waals surface area contributed by atoms with E-state index in [1.54, 1.807) is 0 Å². The van der Waals surface area contributed by atoms with Gasteiger partial charge in [0.15, 0.2) is 5.82 Å². The number of nitrogen functional groups attached to an aromatic ring is 1. The van der Waals surface area contributed by atoms with Crippen LogP contribution in [0.1, 0.15) is 11.3 Å². The molecule has 0 saturated heterocycles. The lowest BCUT2D eigenvalue weighted by molar-refractivity contribution is -0.137. The lowest BCUT2D eigenvalue weighted by atomic mass is 10.3. The van der Waals surface area contributed by atoms with E-state index in [-0.39, 0.29) is 27.2 Å². The second-order valence-corrected chi connectivity index (χ2v) is 6.04. The van der Waals surface area contributed by atoms with Crippen molar-refractivity contribution in [3.05, 3.63) is 28.5 Å². The van der Waals surface area contributed by atoms with Gasteiger partial charge in [-0.2, -0.15) is 36.1 Å². The molecule has 2 aromatic heterocycles. The predicted octanol–water partition coefficient (Wildman–Crippen LogP) is 4.48. The number of anilines is 1. The summed E-state index contributed by atoms with van der Waals surface area (Å²) in [4.78, 5) is 3.64. The van der Waals surface area contributed by atoms with Crippen molar-refractivity contribution in [2.75, 3.05) is 11.5 Å². The minimum absolute atomic E-state index is 0.0603. The molecule has 0 aliphatic heterocycles. The van der Waals surface area contributed by atoms with E-state index in [1.165, 1.54) is 6.92 Å². The summed E-state index contributed by atoms with van der Waals surface area (Å²) in [5.74, 6) is -1.57. The van der Waals surface area contributed by atoms with Gasteiger partial charge in [0, 0.05) is 6.20 Å². The van der Waals surface area contributed by atoms with Crippen molar-refractivity contribution >= 4 is 29.2 Å². The molecule has 0 aliphatic carbocycles. The Balaban J connectivity index is 2.40. The molecule has 0 spiro atoms. The van der Waals surface area contributed by atoms with Crippen molar-refractivity contribution in [3.63, 3.8) is 0 Å². The van der Waals surface area contributed by atoms with E-state index in [0.717, 1.165) is 4.68 Å². The molecule has 0 bridgehead atoms. The first kappa shape index (κ1) is 18.7. The standard InChI is InChI=1S/C12H9ClF6N4S/c1-5-8(24-4-11(14,15)16)9(20)23(22-5)10-7(13)2-6(3-21-10)12(17,18)19/h2-3H,4,20H2,1H3. The summed E-state index contributed by atoms with van der Waals surface area (Å²) in [6, 6.07) is 0.642. The number of pyridine rings is 1. The van der Waals surface area contributed by atoms with Gasteiger partial charge in [0.25, 0.3) is 0 Å². The van der Waals surface area contributed by atoms with Crippen LogP contribution in [-0.2, 0) is 6.18 Å². The zero-order valence-corrected chi connectivity index (χ0v) is 13.4. The van der Waals surface area contributed by atoms with Gasteiger partial charge < -0.3 is 5.73 Å². The summed E-state index contributed by atoms with van der Waals surface area (Å²) in [6.45, 7) is 1.42. The quantitative estimate of drug-likeness (QED) is 0.620. The fourth-order valence-corrected chi connectivity index (χ4v) is 2.80. The van der Waals surface area contributed by atoms with Crippen LogP contribution < -0.4 is 5.73 Å². The molecule has 0 unspecified atom stereocenters. The van der Waals surface area contributed by atoms with Crippen LogP contribution in [0.25, 0.3) is 5.82 Å². The van der Waals surface area contributed by atoms with Crippen LogP contribution in [0.2, 0.25) is 5.02 Å². The summed E-state index contributed by atoms with van der Waals surface area (Å²) in [5.41, 5.74) is 4.87. The van der Waals surface area contributed by atoms with E-state index in [4.69, 9.17) is 17.3 Å². The third kappa shape index (κ3) is 4.07. The number of halogens is 7. The van der Waals surface area contributed by atoms with E-state index in [2.05, 4.69) is 10.1 Å². The topological polar surface area (TPSA) is 56.7 Å². The minimum atomic E-state index is -4.63. The molecule has 0 atom stereocenters. The SMILES string of the molecule is Cc1nn(-c2ncc(C(F)(F)F)cc2Cl)c(N)c1SCC(F)(F)F. The molecule has 2 rings (SSSR count). The summed E-state index contributed by atoms with van der Waals surface area (Å²) < 4.78 is 75.7. The van der Waals surface area contributed by atoms with Gasteiger partial charge in [-0.05, 0) is 13.0 Å². The Bertz CT molecular complexity index is 755. The first-order valence-electron chi connectivity index (χ1n) is 6.18. The van der Waals surface area contributed by atoms with Gasteiger partial charge in [-0.3, -0.25) is 0 Å². The van der Waals surface area contributed by atoms with Gasteiger partial charge >= 0.3 is 12.4 Å². The Hall–Kier alpha value is -1.62. The minimum Gasteiger partial charge on any atom is -0.383 e. The number of alkyl halides is 6. The Labute approximate surface area is 141 Å². The number of hydrogen-bond acceptors (Lipinski definition) is 4. The number of nitrogens with zero attached hydrogens (tertiary/aromatic N) is 3. The molecule has 0 amide bonds. The zero-order valence-electron chi connectivity index (χ0n) is 11.8. The second-order valence-electron chi connectivity index (χ2n) is 4.64. The number of hydrogen-bond donors (Lipinski definition) is 1. The number of thioether (sulfide) groups is 1. The van der Waals surface area contributed by atoms with Crippen molar-refractivity contribution in [1.82, 2.24) is 14.8 Å². The van der Waals surface area contributed by atoms with Crippen molar-refractivity contribution in [2.45, 2.75) is 24.2 Å². The molecule has 0 radical (unpaired) electrons. The molecule has 2 aromatic rings. The van der Waals surface area contributed by atoms with Crippen LogP contribution >= 0.6 is 23.4 Å². The Morgan fingerprint density at radius 1 is 1.25 bits per heavy atom. The lowest BCUT2D eigenvalue weighted by Crippen LogP contribution is -2.11. The van der Waals surface area contributed by atoms with Crippen molar-refractivity contribution in [3.8, 4) is 5.82 Å². The third-order valence-electron chi connectivity index (χ3n) is 2.77. The Kier molecular flexibility index (Phi) is 4.96. The molecule has 0 aliphatic rings. The monoisotopic (exact) mass is 390 g/mol. The van der Waals surface area contributed by atoms with Gasteiger partial charge in [0.1, 0.15) is 5.82 Å². The van der Waals surface area contributed by atoms with Gasteiger partial charge in [0.05, 0.1) is 26.9 Å². The molecule has 0 fully saturated rings. The maximum Gasteiger partial charge on any atom is 0.417 e. The number of aryl methyl sites for hydroxylation is 1. The number of rotatable bonds is 3. The van der Waals surface area contributed by atoms with E-state index >= 15 is 0 Å². The first-order valence-corrected chi connectivity index (χ1v) is 7.54. The smallest absolute Gasteiger partial charge is 0.383 e. The van der Waals surface area contributed by atoms with Gasteiger partial charge in [-0.15, -0.1) is 11.8 Å². The average molecular weight is 391 g/mol. The van der Waals surface area contributed by atoms with Crippen molar-refractivity contribution in [2.24, 2.45) is 0 Å². The van der Waals surface area contributed by atoms with Crippen LogP contribution in [-0.4, -0.2) is 26.7 Å². The normalized spacial score (nSPS) is 12.7. The van der Waals surface area contributed by atoms with E-state index in [0.29, 0.717) is 24.0 Å². The highest BCUT2D eigenvalue weighted by molar-refractivity contribution is 7.99. The van der Waals surface area contributed by atoms with Gasteiger partial charge in [-0.25, -0.2) is 4.98 Å². The van der Waals surface area contributed by atoms with Gasteiger partial charge in [0.2, 0.25) is 0 Å². The fraction of sp³-hybridized carbons (Fsp3) is 0.333.